The second-order valence-corrected chi connectivity index (χ2v) is 6.79. The van der Waals surface area contributed by atoms with E-state index in [1.165, 1.54) is 11.3 Å². The van der Waals surface area contributed by atoms with Gasteiger partial charge in [0.1, 0.15) is 0 Å². The van der Waals surface area contributed by atoms with Crippen molar-refractivity contribution in [2.24, 2.45) is 0 Å². The molecule has 2 fully saturated rings. The summed E-state index contributed by atoms with van der Waals surface area (Å²) in [5, 5.41) is 2.03. The van der Waals surface area contributed by atoms with Gasteiger partial charge in [0.25, 0.3) is 5.91 Å². The number of hydrogen-bond acceptors (Lipinski definition) is 4. The van der Waals surface area contributed by atoms with Crippen molar-refractivity contribution >= 4 is 17.2 Å². The first kappa shape index (κ1) is 14.0. The third-order valence-electron chi connectivity index (χ3n) is 4.28. The highest BCUT2D eigenvalue weighted by Crippen LogP contribution is 2.36. The first-order chi connectivity index (χ1) is 9.62. The minimum Gasteiger partial charge on any atom is -0.379 e. The number of ether oxygens (including phenoxy) is 2. The van der Waals surface area contributed by atoms with Crippen molar-refractivity contribution in [3.63, 3.8) is 0 Å². The zero-order chi connectivity index (χ0) is 14.2. The van der Waals surface area contributed by atoms with Gasteiger partial charge in [0.2, 0.25) is 0 Å². The van der Waals surface area contributed by atoms with E-state index in [0.29, 0.717) is 13.2 Å². The molecule has 5 heteroatoms. The van der Waals surface area contributed by atoms with Gasteiger partial charge in [-0.2, -0.15) is 0 Å². The predicted octanol–water partition coefficient (Wildman–Crippen LogP) is 2.47. The van der Waals surface area contributed by atoms with Crippen LogP contribution in [-0.2, 0) is 9.47 Å². The van der Waals surface area contributed by atoms with Gasteiger partial charge in [0.15, 0.2) is 0 Å². The van der Waals surface area contributed by atoms with Crippen LogP contribution in [0.5, 0.6) is 0 Å². The number of thiophene rings is 1. The quantitative estimate of drug-likeness (QED) is 0.841. The fraction of sp³-hybridized carbons (Fsp3) is 0.667. The number of piperidine rings is 1. The Morgan fingerprint density at radius 1 is 1.60 bits per heavy atom. The highest BCUT2D eigenvalue weighted by atomic mass is 32.1. The Labute approximate surface area is 123 Å². The molecule has 110 valence electrons. The topological polar surface area (TPSA) is 38.8 Å². The van der Waals surface area contributed by atoms with E-state index in [0.717, 1.165) is 36.2 Å². The number of nitrogens with zero attached hydrogens (tertiary/aromatic N) is 1. The van der Waals surface area contributed by atoms with E-state index in [1.807, 2.05) is 23.3 Å². The molecule has 0 radical (unpaired) electrons. The zero-order valence-electron chi connectivity index (χ0n) is 12.1. The van der Waals surface area contributed by atoms with Gasteiger partial charge in [-0.25, -0.2) is 0 Å². The molecule has 0 aromatic carbocycles. The maximum atomic E-state index is 12.6. The van der Waals surface area contributed by atoms with Crippen molar-refractivity contribution in [3.05, 3.63) is 21.9 Å². The van der Waals surface area contributed by atoms with E-state index in [4.69, 9.17) is 9.47 Å². The Morgan fingerprint density at radius 3 is 3.10 bits per heavy atom. The number of methoxy groups -OCH3 is 1. The van der Waals surface area contributed by atoms with Crippen molar-refractivity contribution in [1.29, 1.82) is 0 Å². The van der Waals surface area contributed by atoms with Crippen LogP contribution in [0, 0.1) is 6.92 Å². The lowest BCUT2D eigenvalue weighted by Gasteiger charge is -2.39. The monoisotopic (exact) mass is 295 g/mol. The molecule has 1 amide bonds. The largest absolute Gasteiger partial charge is 0.379 e. The molecule has 20 heavy (non-hydrogen) atoms. The van der Waals surface area contributed by atoms with Gasteiger partial charge in [-0.3, -0.25) is 4.79 Å². The Bertz CT molecular complexity index is 501. The lowest BCUT2D eigenvalue weighted by Crippen LogP contribution is -2.50. The fourth-order valence-corrected chi connectivity index (χ4v) is 4.07. The number of amides is 1. The number of likely N-dealkylation sites (tertiary alicyclic amines) is 1. The SMILES string of the molecule is CO[C@H]1CO[C@]2(CCCN(C(=O)c3cc(C)cs3)C2)C1. The van der Waals surface area contributed by atoms with Crippen molar-refractivity contribution in [2.75, 3.05) is 26.8 Å². The van der Waals surface area contributed by atoms with Crippen LogP contribution >= 0.6 is 11.3 Å². The second-order valence-electron chi connectivity index (χ2n) is 5.87. The third kappa shape index (κ3) is 2.62. The number of carbonyl (C=O) groups is 1. The zero-order valence-corrected chi connectivity index (χ0v) is 12.9. The molecule has 4 nitrogen and oxygen atoms in total. The second kappa shape index (κ2) is 5.47. The molecule has 1 aromatic rings. The lowest BCUT2D eigenvalue weighted by atomic mass is 9.89. The van der Waals surface area contributed by atoms with Crippen LogP contribution in [0.1, 0.15) is 34.5 Å². The van der Waals surface area contributed by atoms with Crippen molar-refractivity contribution < 1.29 is 14.3 Å². The molecule has 2 aliphatic rings. The van der Waals surface area contributed by atoms with E-state index in [9.17, 15) is 4.79 Å². The lowest BCUT2D eigenvalue weighted by molar-refractivity contribution is -0.0457. The fourth-order valence-electron chi connectivity index (χ4n) is 3.21. The van der Waals surface area contributed by atoms with Gasteiger partial charge >= 0.3 is 0 Å². The standard InChI is InChI=1S/C15H21NO3S/c1-11-6-13(20-9-11)14(17)16-5-3-4-15(10-16)7-12(18-2)8-19-15/h6,9,12H,3-5,7-8,10H2,1-2H3/t12-,15-/m1/s1. The molecule has 0 aliphatic carbocycles. The normalized spacial score (nSPS) is 30.1. The van der Waals surface area contributed by atoms with E-state index in [-0.39, 0.29) is 17.6 Å². The molecular weight excluding hydrogens is 274 g/mol. The molecular formula is C15H21NO3S. The average Bonchev–Trinajstić information content (AvgIpc) is 3.05. The summed E-state index contributed by atoms with van der Waals surface area (Å²) in [5.74, 6) is 0.145. The molecule has 3 heterocycles. The summed E-state index contributed by atoms with van der Waals surface area (Å²) in [6.07, 6.45) is 3.11. The summed E-state index contributed by atoms with van der Waals surface area (Å²) in [4.78, 5) is 15.3. The van der Waals surface area contributed by atoms with Gasteiger partial charge in [0, 0.05) is 20.1 Å². The van der Waals surface area contributed by atoms with Crippen LogP contribution in [0.4, 0.5) is 0 Å². The molecule has 3 rings (SSSR count). The first-order valence-corrected chi connectivity index (χ1v) is 8.01. The minimum absolute atomic E-state index is 0.145. The maximum Gasteiger partial charge on any atom is 0.264 e. The third-order valence-corrected chi connectivity index (χ3v) is 5.31. The van der Waals surface area contributed by atoms with Gasteiger partial charge in [-0.15, -0.1) is 11.3 Å². The average molecular weight is 295 g/mol. The summed E-state index contributed by atoms with van der Waals surface area (Å²) >= 11 is 1.53. The molecule has 0 N–H and O–H groups in total. The number of hydrogen-bond donors (Lipinski definition) is 0. The van der Waals surface area contributed by atoms with Crippen LogP contribution in [0.2, 0.25) is 0 Å². The minimum atomic E-state index is -0.180. The molecule has 0 bridgehead atoms. The van der Waals surface area contributed by atoms with Crippen LogP contribution in [0.3, 0.4) is 0 Å². The number of rotatable bonds is 2. The summed E-state index contributed by atoms with van der Waals surface area (Å²) < 4.78 is 11.4. The van der Waals surface area contributed by atoms with Crippen LogP contribution in [0.15, 0.2) is 11.4 Å². The van der Waals surface area contributed by atoms with Gasteiger partial charge in [0.05, 0.1) is 29.7 Å². The summed E-state index contributed by atoms with van der Waals surface area (Å²) in [7, 11) is 1.73. The van der Waals surface area contributed by atoms with Crippen LogP contribution < -0.4 is 0 Å². The van der Waals surface area contributed by atoms with Crippen molar-refractivity contribution in [3.8, 4) is 0 Å². The number of carbonyl (C=O) groups excluding carboxylic acids is 1. The van der Waals surface area contributed by atoms with Gasteiger partial charge in [-0.05, 0) is 36.8 Å². The summed E-state index contributed by atoms with van der Waals surface area (Å²) in [5.41, 5.74) is 0.975. The maximum absolute atomic E-state index is 12.6. The van der Waals surface area contributed by atoms with Gasteiger partial charge < -0.3 is 14.4 Å². The Kier molecular flexibility index (Phi) is 3.84. The first-order valence-electron chi connectivity index (χ1n) is 7.13. The predicted molar refractivity (Wildman–Crippen MR) is 78.3 cm³/mol. The van der Waals surface area contributed by atoms with Crippen molar-refractivity contribution in [2.45, 2.75) is 37.9 Å². The summed E-state index contributed by atoms with van der Waals surface area (Å²) in [6, 6.07) is 1.97. The molecule has 0 unspecified atom stereocenters. The Morgan fingerprint density at radius 2 is 2.45 bits per heavy atom. The Hall–Kier alpha value is -0.910. The van der Waals surface area contributed by atoms with E-state index >= 15 is 0 Å². The molecule has 2 saturated heterocycles. The van der Waals surface area contributed by atoms with Crippen LogP contribution in [0.25, 0.3) is 0 Å². The molecule has 0 saturated carbocycles. The Balaban J connectivity index is 1.71. The molecule has 2 atom stereocenters. The van der Waals surface area contributed by atoms with Crippen LogP contribution in [-0.4, -0.2) is 49.3 Å². The highest BCUT2D eigenvalue weighted by molar-refractivity contribution is 7.12. The number of aryl methyl sites for hydroxylation is 1. The smallest absolute Gasteiger partial charge is 0.264 e. The van der Waals surface area contributed by atoms with E-state index < -0.39 is 0 Å². The van der Waals surface area contributed by atoms with Crippen molar-refractivity contribution in [1.82, 2.24) is 4.90 Å². The molecule has 1 aromatic heterocycles. The van der Waals surface area contributed by atoms with Gasteiger partial charge in [-0.1, -0.05) is 0 Å². The molecule has 1 spiro atoms. The molecule has 2 aliphatic heterocycles. The highest BCUT2D eigenvalue weighted by Gasteiger charge is 2.44. The summed E-state index contributed by atoms with van der Waals surface area (Å²) in [6.45, 7) is 4.20. The van der Waals surface area contributed by atoms with E-state index in [1.54, 1.807) is 7.11 Å². The van der Waals surface area contributed by atoms with E-state index in [2.05, 4.69) is 0 Å².